The van der Waals surface area contributed by atoms with Crippen molar-refractivity contribution in [2.75, 3.05) is 26.0 Å². The quantitative estimate of drug-likeness (QED) is 0.877. The Kier molecular flexibility index (Phi) is 4.76. The van der Waals surface area contributed by atoms with Crippen LogP contribution in [0.4, 0.5) is 5.69 Å². The van der Waals surface area contributed by atoms with E-state index in [2.05, 4.69) is 40.0 Å². The number of aromatic carboxylic acids is 1. The monoisotopic (exact) mass is 314 g/mol. The van der Waals surface area contributed by atoms with E-state index >= 15 is 0 Å². The van der Waals surface area contributed by atoms with Crippen LogP contribution in [0.2, 0.25) is 0 Å². The second-order valence-corrected chi connectivity index (χ2v) is 5.91. The van der Waals surface area contributed by atoms with E-state index in [1.807, 2.05) is 14.1 Å². The lowest BCUT2D eigenvalue weighted by Gasteiger charge is -2.33. The zero-order valence-electron chi connectivity index (χ0n) is 11.1. The molecule has 0 heterocycles. The predicted molar refractivity (Wildman–Crippen MR) is 77.4 cm³/mol. The summed E-state index contributed by atoms with van der Waals surface area (Å²) in [5.74, 6) is -0.920. The van der Waals surface area contributed by atoms with Crippen molar-refractivity contribution >= 4 is 27.6 Å². The molecule has 0 aromatic heterocycles. The maximum atomic E-state index is 10.8. The number of rotatable bonds is 5. The van der Waals surface area contributed by atoms with Crippen LogP contribution in [0.1, 0.15) is 24.2 Å². The van der Waals surface area contributed by atoms with Gasteiger partial charge < -0.3 is 15.3 Å². The van der Waals surface area contributed by atoms with E-state index in [0.29, 0.717) is 0 Å². The number of likely N-dealkylation sites (N-methyl/N-ethyl adjacent to an activating group) is 1. The molecule has 0 saturated heterocycles. The van der Waals surface area contributed by atoms with Crippen molar-refractivity contribution in [3.8, 4) is 0 Å². The largest absolute Gasteiger partial charge is 0.478 e. The molecule has 0 aliphatic carbocycles. The van der Waals surface area contributed by atoms with Crippen molar-refractivity contribution in [1.82, 2.24) is 4.90 Å². The molecule has 0 bridgehead atoms. The highest BCUT2D eigenvalue weighted by atomic mass is 79.9. The van der Waals surface area contributed by atoms with Gasteiger partial charge in [-0.25, -0.2) is 4.79 Å². The second kappa shape index (κ2) is 5.71. The molecule has 2 N–H and O–H groups in total. The first-order valence-corrected chi connectivity index (χ1v) is 6.47. The van der Waals surface area contributed by atoms with Gasteiger partial charge in [-0.3, -0.25) is 0 Å². The Morgan fingerprint density at radius 1 is 1.44 bits per heavy atom. The maximum Gasteiger partial charge on any atom is 0.335 e. The van der Waals surface area contributed by atoms with Crippen LogP contribution in [-0.2, 0) is 0 Å². The Balaban J connectivity index is 2.78. The van der Waals surface area contributed by atoms with Crippen LogP contribution in [0.3, 0.4) is 0 Å². The highest BCUT2D eigenvalue weighted by Gasteiger charge is 2.20. The van der Waals surface area contributed by atoms with Gasteiger partial charge in [-0.1, -0.05) is 0 Å². The van der Waals surface area contributed by atoms with Crippen LogP contribution in [-0.4, -0.2) is 42.2 Å². The van der Waals surface area contributed by atoms with Crippen LogP contribution in [0.25, 0.3) is 0 Å². The van der Waals surface area contributed by atoms with E-state index in [4.69, 9.17) is 5.11 Å². The second-order valence-electron chi connectivity index (χ2n) is 5.06. The standard InChI is InChI=1S/C13H19BrN2O2/c1-13(2,16(3)4)8-15-11-6-5-9(12(17)18)7-10(11)14/h5-7,15H,8H2,1-4H3,(H,17,18). The summed E-state index contributed by atoms with van der Waals surface area (Å²) in [6.07, 6.45) is 0. The molecular weight excluding hydrogens is 296 g/mol. The van der Waals surface area contributed by atoms with E-state index in [1.165, 1.54) is 0 Å². The van der Waals surface area contributed by atoms with Gasteiger partial charge in [0.1, 0.15) is 0 Å². The lowest BCUT2D eigenvalue weighted by Crippen LogP contribution is -2.44. The first kappa shape index (κ1) is 15.0. The molecule has 5 heteroatoms. The first-order valence-electron chi connectivity index (χ1n) is 5.68. The molecule has 0 unspecified atom stereocenters. The summed E-state index contributed by atoms with van der Waals surface area (Å²) >= 11 is 3.38. The third-order valence-electron chi connectivity index (χ3n) is 3.14. The van der Waals surface area contributed by atoms with Gasteiger partial charge in [-0.15, -0.1) is 0 Å². The number of hydrogen-bond donors (Lipinski definition) is 2. The van der Waals surface area contributed by atoms with Crippen molar-refractivity contribution in [2.45, 2.75) is 19.4 Å². The number of nitrogens with one attached hydrogen (secondary N) is 1. The summed E-state index contributed by atoms with van der Waals surface area (Å²) in [6, 6.07) is 4.98. The molecule has 0 radical (unpaired) electrons. The normalized spacial score (nSPS) is 11.7. The predicted octanol–water partition coefficient (Wildman–Crippen LogP) is 2.90. The summed E-state index contributed by atoms with van der Waals surface area (Å²) in [5.41, 5.74) is 1.19. The van der Waals surface area contributed by atoms with Gasteiger partial charge in [0.25, 0.3) is 0 Å². The summed E-state index contributed by atoms with van der Waals surface area (Å²) in [7, 11) is 4.06. The van der Waals surface area contributed by atoms with Crippen molar-refractivity contribution in [3.63, 3.8) is 0 Å². The van der Waals surface area contributed by atoms with Gasteiger partial charge in [-0.05, 0) is 62.1 Å². The van der Waals surface area contributed by atoms with Crippen molar-refractivity contribution in [1.29, 1.82) is 0 Å². The fraction of sp³-hybridized carbons (Fsp3) is 0.462. The third kappa shape index (κ3) is 3.71. The van der Waals surface area contributed by atoms with Crippen LogP contribution < -0.4 is 5.32 Å². The molecule has 18 heavy (non-hydrogen) atoms. The molecule has 0 atom stereocenters. The molecule has 0 fully saturated rings. The van der Waals surface area contributed by atoms with Gasteiger partial charge in [-0.2, -0.15) is 0 Å². The average molecular weight is 315 g/mol. The molecule has 0 aliphatic rings. The summed E-state index contributed by atoms with van der Waals surface area (Å²) < 4.78 is 0.761. The number of halogens is 1. The first-order chi connectivity index (χ1) is 8.24. The summed E-state index contributed by atoms with van der Waals surface area (Å²) in [5, 5.41) is 12.2. The number of hydrogen-bond acceptors (Lipinski definition) is 3. The molecule has 4 nitrogen and oxygen atoms in total. The third-order valence-corrected chi connectivity index (χ3v) is 3.79. The fourth-order valence-electron chi connectivity index (χ4n) is 1.26. The minimum absolute atomic E-state index is 0.0188. The highest BCUT2D eigenvalue weighted by molar-refractivity contribution is 9.10. The number of carbonyl (C=O) groups is 1. The Morgan fingerprint density at radius 3 is 2.50 bits per heavy atom. The van der Waals surface area contributed by atoms with Crippen LogP contribution in [0, 0.1) is 0 Å². The zero-order chi connectivity index (χ0) is 13.9. The lowest BCUT2D eigenvalue weighted by molar-refractivity contribution is 0.0697. The van der Waals surface area contributed by atoms with Crippen LogP contribution in [0.15, 0.2) is 22.7 Å². The topological polar surface area (TPSA) is 52.6 Å². The Hall–Kier alpha value is -1.07. The smallest absolute Gasteiger partial charge is 0.335 e. The Labute approximate surface area is 116 Å². The number of carboxylic acids is 1. The fourth-order valence-corrected chi connectivity index (χ4v) is 1.78. The Bertz CT molecular complexity index is 445. The molecule has 100 valence electrons. The van der Waals surface area contributed by atoms with Gasteiger partial charge >= 0.3 is 5.97 Å². The van der Waals surface area contributed by atoms with Crippen molar-refractivity contribution in [2.24, 2.45) is 0 Å². The van der Waals surface area contributed by atoms with E-state index in [9.17, 15) is 4.79 Å². The summed E-state index contributed by atoms with van der Waals surface area (Å²) in [4.78, 5) is 13.0. The van der Waals surface area contributed by atoms with E-state index in [1.54, 1.807) is 18.2 Å². The molecular formula is C13H19BrN2O2. The van der Waals surface area contributed by atoms with Gasteiger partial charge in [0, 0.05) is 22.2 Å². The molecule has 1 rings (SSSR count). The number of anilines is 1. The average Bonchev–Trinajstić information content (AvgIpc) is 2.26. The summed E-state index contributed by atoms with van der Waals surface area (Å²) in [6.45, 7) is 5.05. The molecule has 1 aromatic carbocycles. The van der Waals surface area contributed by atoms with Crippen molar-refractivity contribution < 1.29 is 9.90 Å². The van der Waals surface area contributed by atoms with Crippen LogP contribution >= 0.6 is 15.9 Å². The minimum atomic E-state index is -0.920. The minimum Gasteiger partial charge on any atom is -0.478 e. The molecule has 1 aromatic rings. The Morgan fingerprint density at radius 2 is 2.06 bits per heavy atom. The lowest BCUT2D eigenvalue weighted by atomic mass is 10.0. The van der Waals surface area contributed by atoms with E-state index < -0.39 is 5.97 Å². The van der Waals surface area contributed by atoms with Gasteiger partial charge in [0.15, 0.2) is 0 Å². The SMILES string of the molecule is CN(C)C(C)(C)CNc1ccc(C(=O)O)cc1Br. The highest BCUT2D eigenvalue weighted by Crippen LogP contribution is 2.24. The van der Waals surface area contributed by atoms with Gasteiger partial charge in [0.2, 0.25) is 0 Å². The van der Waals surface area contributed by atoms with Crippen LogP contribution in [0.5, 0.6) is 0 Å². The molecule has 0 amide bonds. The zero-order valence-corrected chi connectivity index (χ0v) is 12.7. The molecule has 0 spiro atoms. The molecule has 0 aliphatic heterocycles. The van der Waals surface area contributed by atoms with E-state index in [0.717, 1.165) is 16.7 Å². The van der Waals surface area contributed by atoms with Crippen molar-refractivity contribution in [3.05, 3.63) is 28.2 Å². The number of nitrogens with zero attached hydrogens (tertiary/aromatic N) is 1. The number of benzene rings is 1. The molecule has 0 saturated carbocycles. The number of carboxylic acid groups (broad SMARTS) is 1. The van der Waals surface area contributed by atoms with Gasteiger partial charge in [0.05, 0.1) is 5.56 Å². The van der Waals surface area contributed by atoms with E-state index in [-0.39, 0.29) is 11.1 Å². The maximum absolute atomic E-state index is 10.8.